The number of amides is 1. The van der Waals surface area contributed by atoms with E-state index in [1.807, 2.05) is 32.0 Å². The fraction of sp³-hybridized carbons (Fsp3) is 0.300. The summed E-state index contributed by atoms with van der Waals surface area (Å²) in [5.41, 5.74) is 2.66. The van der Waals surface area contributed by atoms with Crippen molar-refractivity contribution in [1.82, 2.24) is 0 Å². The molecule has 1 amide bonds. The fourth-order valence-electron chi connectivity index (χ4n) is 2.76. The molecule has 6 heteroatoms. The van der Waals surface area contributed by atoms with Gasteiger partial charge in [0.15, 0.2) is 6.10 Å². The number of carbonyl (C=O) groups excluding carboxylic acids is 2. The minimum Gasteiger partial charge on any atom is -0.489 e. The molecule has 1 atom stereocenters. The zero-order valence-electron chi connectivity index (χ0n) is 14.8. The SMILES string of the molecule is Cc1cccc(C)c1OCCOC(=O)CC1Oc2ccccc2NC1=O. The van der Waals surface area contributed by atoms with Crippen molar-refractivity contribution in [3.63, 3.8) is 0 Å². The van der Waals surface area contributed by atoms with Gasteiger partial charge >= 0.3 is 5.97 Å². The van der Waals surface area contributed by atoms with Crippen LogP contribution in [0, 0.1) is 13.8 Å². The zero-order chi connectivity index (χ0) is 18.5. The molecule has 1 N–H and O–H groups in total. The molecule has 136 valence electrons. The molecule has 1 aliphatic rings. The molecule has 0 aromatic heterocycles. The van der Waals surface area contributed by atoms with Crippen molar-refractivity contribution < 1.29 is 23.8 Å². The third-order valence-electron chi connectivity index (χ3n) is 4.06. The van der Waals surface area contributed by atoms with Crippen LogP contribution in [0.5, 0.6) is 11.5 Å². The molecule has 1 unspecified atom stereocenters. The summed E-state index contributed by atoms with van der Waals surface area (Å²) in [5, 5.41) is 2.72. The number of anilines is 1. The average molecular weight is 355 g/mol. The molecule has 0 spiro atoms. The van der Waals surface area contributed by atoms with Gasteiger partial charge in [0, 0.05) is 0 Å². The lowest BCUT2D eigenvalue weighted by Crippen LogP contribution is -2.39. The van der Waals surface area contributed by atoms with Gasteiger partial charge in [0.05, 0.1) is 12.1 Å². The number of esters is 1. The number of ether oxygens (including phenoxy) is 3. The Morgan fingerprint density at radius 1 is 1.08 bits per heavy atom. The Kier molecular flexibility index (Phi) is 5.41. The number of nitrogens with one attached hydrogen (secondary N) is 1. The number of aryl methyl sites for hydroxylation is 2. The average Bonchev–Trinajstić information content (AvgIpc) is 2.61. The van der Waals surface area contributed by atoms with Gasteiger partial charge in [0.25, 0.3) is 5.91 Å². The predicted octanol–water partition coefficient (Wildman–Crippen LogP) is 3.02. The van der Waals surface area contributed by atoms with E-state index in [-0.39, 0.29) is 25.5 Å². The summed E-state index contributed by atoms with van der Waals surface area (Å²) in [6.45, 7) is 4.28. The molecule has 0 saturated heterocycles. The first kappa shape index (κ1) is 17.8. The van der Waals surface area contributed by atoms with E-state index in [0.717, 1.165) is 16.9 Å². The maximum absolute atomic E-state index is 12.0. The minimum atomic E-state index is -0.892. The van der Waals surface area contributed by atoms with E-state index in [9.17, 15) is 9.59 Å². The van der Waals surface area contributed by atoms with Crippen molar-refractivity contribution in [2.75, 3.05) is 18.5 Å². The monoisotopic (exact) mass is 355 g/mol. The Labute approximate surface area is 152 Å². The number of hydrogen-bond acceptors (Lipinski definition) is 5. The second-order valence-corrected chi connectivity index (χ2v) is 6.09. The topological polar surface area (TPSA) is 73.9 Å². The lowest BCUT2D eigenvalue weighted by molar-refractivity contribution is -0.148. The third kappa shape index (κ3) is 4.14. The van der Waals surface area contributed by atoms with Crippen LogP contribution >= 0.6 is 0 Å². The van der Waals surface area contributed by atoms with E-state index >= 15 is 0 Å². The molecule has 0 fully saturated rings. The lowest BCUT2D eigenvalue weighted by atomic mass is 10.1. The fourth-order valence-corrected chi connectivity index (χ4v) is 2.76. The summed E-state index contributed by atoms with van der Waals surface area (Å²) in [7, 11) is 0. The zero-order valence-corrected chi connectivity index (χ0v) is 14.8. The van der Waals surface area contributed by atoms with Crippen LogP contribution in [0.2, 0.25) is 0 Å². The normalized spacial score (nSPS) is 15.5. The summed E-state index contributed by atoms with van der Waals surface area (Å²) in [4.78, 5) is 24.0. The lowest BCUT2D eigenvalue weighted by Gasteiger charge is -2.25. The van der Waals surface area contributed by atoms with Gasteiger partial charge in [0.1, 0.15) is 24.7 Å². The first-order chi connectivity index (χ1) is 12.5. The Balaban J connectivity index is 1.45. The third-order valence-corrected chi connectivity index (χ3v) is 4.06. The molecule has 0 aliphatic carbocycles. The minimum absolute atomic E-state index is 0.109. The van der Waals surface area contributed by atoms with Gasteiger partial charge in [-0.05, 0) is 37.1 Å². The Hall–Kier alpha value is -3.02. The van der Waals surface area contributed by atoms with Gasteiger partial charge in [-0.3, -0.25) is 9.59 Å². The van der Waals surface area contributed by atoms with E-state index < -0.39 is 12.1 Å². The van der Waals surface area contributed by atoms with Gasteiger partial charge in [0.2, 0.25) is 0 Å². The summed E-state index contributed by atoms with van der Waals surface area (Å²) in [5.74, 6) is 0.487. The quantitative estimate of drug-likeness (QED) is 0.637. The van der Waals surface area contributed by atoms with Crippen molar-refractivity contribution >= 4 is 17.6 Å². The van der Waals surface area contributed by atoms with Gasteiger partial charge in [-0.1, -0.05) is 30.3 Å². The van der Waals surface area contributed by atoms with E-state index in [0.29, 0.717) is 11.4 Å². The van der Waals surface area contributed by atoms with Crippen LogP contribution in [-0.2, 0) is 14.3 Å². The van der Waals surface area contributed by atoms with Crippen LogP contribution < -0.4 is 14.8 Å². The van der Waals surface area contributed by atoms with E-state index in [2.05, 4.69) is 5.32 Å². The van der Waals surface area contributed by atoms with Crippen LogP contribution in [0.3, 0.4) is 0 Å². The maximum atomic E-state index is 12.0. The maximum Gasteiger partial charge on any atom is 0.310 e. The van der Waals surface area contributed by atoms with Crippen LogP contribution in [0.25, 0.3) is 0 Å². The molecule has 6 nitrogen and oxygen atoms in total. The highest BCUT2D eigenvalue weighted by atomic mass is 16.6. The number of benzene rings is 2. The van der Waals surface area contributed by atoms with Gasteiger partial charge in [-0.25, -0.2) is 0 Å². The van der Waals surface area contributed by atoms with Crippen molar-refractivity contribution in [2.24, 2.45) is 0 Å². The smallest absolute Gasteiger partial charge is 0.310 e. The largest absolute Gasteiger partial charge is 0.489 e. The molecule has 2 aromatic carbocycles. The predicted molar refractivity (Wildman–Crippen MR) is 96.5 cm³/mol. The summed E-state index contributed by atoms with van der Waals surface area (Å²) in [6.07, 6.45) is -1.04. The Morgan fingerprint density at radius 3 is 2.58 bits per heavy atom. The molecular formula is C20H21NO5. The molecule has 2 aromatic rings. The van der Waals surface area contributed by atoms with Crippen LogP contribution in [0.15, 0.2) is 42.5 Å². The molecule has 1 heterocycles. The van der Waals surface area contributed by atoms with E-state index in [4.69, 9.17) is 14.2 Å². The highest BCUT2D eigenvalue weighted by Crippen LogP contribution is 2.29. The number of hydrogen-bond donors (Lipinski definition) is 1. The molecule has 26 heavy (non-hydrogen) atoms. The van der Waals surface area contributed by atoms with Crippen LogP contribution in [0.1, 0.15) is 17.5 Å². The Bertz CT molecular complexity index is 797. The summed E-state index contributed by atoms with van der Waals surface area (Å²) in [6, 6.07) is 13.0. The Morgan fingerprint density at radius 2 is 1.81 bits per heavy atom. The molecular weight excluding hydrogens is 334 g/mol. The summed E-state index contributed by atoms with van der Waals surface area (Å²) < 4.78 is 16.4. The van der Waals surface area contributed by atoms with Crippen molar-refractivity contribution in [1.29, 1.82) is 0 Å². The number of para-hydroxylation sites is 3. The van der Waals surface area contributed by atoms with Crippen LogP contribution in [0.4, 0.5) is 5.69 Å². The van der Waals surface area contributed by atoms with Crippen molar-refractivity contribution in [2.45, 2.75) is 26.4 Å². The second kappa shape index (κ2) is 7.91. The second-order valence-electron chi connectivity index (χ2n) is 6.09. The molecule has 1 aliphatic heterocycles. The molecule has 0 bridgehead atoms. The first-order valence-electron chi connectivity index (χ1n) is 8.46. The number of rotatable bonds is 6. The van der Waals surface area contributed by atoms with Gasteiger partial charge < -0.3 is 19.5 Å². The highest BCUT2D eigenvalue weighted by molar-refractivity contribution is 5.99. The van der Waals surface area contributed by atoms with E-state index in [1.165, 1.54) is 0 Å². The van der Waals surface area contributed by atoms with Gasteiger partial charge in [-0.2, -0.15) is 0 Å². The van der Waals surface area contributed by atoms with Crippen LogP contribution in [-0.4, -0.2) is 31.2 Å². The van der Waals surface area contributed by atoms with Crippen molar-refractivity contribution in [3.8, 4) is 11.5 Å². The number of carbonyl (C=O) groups is 2. The number of fused-ring (bicyclic) bond motifs is 1. The van der Waals surface area contributed by atoms with E-state index in [1.54, 1.807) is 24.3 Å². The molecule has 0 radical (unpaired) electrons. The summed E-state index contributed by atoms with van der Waals surface area (Å²) >= 11 is 0. The molecule has 3 rings (SSSR count). The standard InChI is InChI=1S/C20H21NO5/c1-13-6-5-7-14(2)19(13)25-11-10-24-18(22)12-17-20(23)21-15-8-3-4-9-16(15)26-17/h3-9,17H,10-12H2,1-2H3,(H,21,23). The van der Waals surface area contributed by atoms with Gasteiger partial charge in [-0.15, -0.1) is 0 Å². The first-order valence-corrected chi connectivity index (χ1v) is 8.46. The van der Waals surface area contributed by atoms with Crippen molar-refractivity contribution in [3.05, 3.63) is 53.6 Å². The molecule has 0 saturated carbocycles. The highest BCUT2D eigenvalue weighted by Gasteiger charge is 2.30.